The molecule has 4 aliphatic rings. The Balaban J connectivity index is 1.24. The number of phenols is 2. The number of allylic oxidation sites excluding steroid dienone is 2. The molecule has 8 rings (SSSR count). The van der Waals surface area contributed by atoms with Crippen molar-refractivity contribution in [2.24, 2.45) is 23.7 Å². The second-order valence-electron chi connectivity index (χ2n) is 13.9. The normalized spacial score (nSPS) is 27.1. The molecule has 2 aliphatic carbocycles. The van der Waals surface area contributed by atoms with Crippen LogP contribution in [0.4, 0.5) is 5.69 Å². The molecule has 0 spiro atoms. The van der Waals surface area contributed by atoms with Crippen LogP contribution in [0.25, 0.3) is 0 Å². The maximum absolute atomic E-state index is 15.1. The molecule has 4 aromatic rings. The van der Waals surface area contributed by atoms with E-state index in [0.717, 1.165) is 21.7 Å². The van der Waals surface area contributed by atoms with Gasteiger partial charge >= 0.3 is 0 Å². The van der Waals surface area contributed by atoms with E-state index in [1.165, 1.54) is 4.90 Å². The van der Waals surface area contributed by atoms with Gasteiger partial charge in [-0.25, -0.2) is 0 Å². The van der Waals surface area contributed by atoms with Gasteiger partial charge < -0.3 is 10.2 Å². The maximum atomic E-state index is 15.1. The molecule has 0 bridgehead atoms. The quantitative estimate of drug-likeness (QED) is 0.172. The number of benzene rings is 4. The number of nitrogens with zero attached hydrogens (tertiary/aromatic N) is 2. The van der Waals surface area contributed by atoms with Crippen molar-refractivity contribution in [3.05, 3.63) is 137 Å². The van der Waals surface area contributed by atoms with E-state index in [9.17, 15) is 24.6 Å². The number of phenolic OH excluding ortho intramolecular Hbond substituents is 2. The molecular formula is C41H37N3O6. The maximum Gasteiger partial charge on any atom is 0.260 e. The van der Waals surface area contributed by atoms with Crippen molar-refractivity contribution in [2.45, 2.75) is 37.5 Å². The molecule has 1 saturated carbocycles. The zero-order valence-corrected chi connectivity index (χ0v) is 27.5. The van der Waals surface area contributed by atoms with Gasteiger partial charge in [-0.2, -0.15) is 5.01 Å². The SMILES string of the molecule is Cc1ccc(NN2C(=O)C3CC4C(=CCC5C(=O)N(CCc6ccc(O)cc6)C(=O)C54)C(c4cccc(O)c4)C3(c3ccccc3)C2=O)cc1. The molecule has 252 valence electrons. The second-order valence-corrected chi connectivity index (χ2v) is 13.9. The van der Waals surface area contributed by atoms with Crippen LogP contribution in [0, 0.1) is 30.6 Å². The van der Waals surface area contributed by atoms with Crippen molar-refractivity contribution in [1.29, 1.82) is 0 Å². The average molecular weight is 668 g/mol. The lowest BCUT2D eigenvalue weighted by molar-refractivity contribution is -0.141. The molecule has 3 N–H and O–H groups in total. The molecule has 9 heteroatoms. The van der Waals surface area contributed by atoms with E-state index in [2.05, 4.69) is 5.43 Å². The summed E-state index contributed by atoms with van der Waals surface area (Å²) >= 11 is 0. The fourth-order valence-corrected chi connectivity index (χ4v) is 9.02. The van der Waals surface area contributed by atoms with Crippen LogP contribution in [0.1, 0.15) is 41.0 Å². The smallest absolute Gasteiger partial charge is 0.260 e. The van der Waals surface area contributed by atoms with Gasteiger partial charge in [0.25, 0.3) is 11.8 Å². The van der Waals surface area contributed by atoms with E-state index in [1.807, 2.05) is 73.7 Å². The summed E-state index contributed by atoms with van der Waals surface area (Å²) in [4.78, 5) is 59.4. The van der Waals surface area contributed by atoms with Crippen molar-refractivity contribution in [3.63, 3.8) is 0 Å². The highest BCUT2D eigenvalue weighted by atomic mass is 16.3. The molecule has 6 atom stereocenters. The van der Waals surface area contributed by atoms with E-state index < -0.39 is 46.8 Å². The first-order valence-corrected chi connectivity index (χ1v) is 17.1. The highest BCUT2D eigenvalue weighted by molar-refractivity contribution is 6.13. The molecular weight excluding hydrogens is 630 g/mol. The monoisotopic (exact) mass is 667 g/mol. The Kier molecular flexibility index (Phi) is 7.58. The predicted molar refractivity (Wildman–Crippen MR) is 185 cm³/mol. The first-order valence-electron chi connectivity index (χ1n) is 17.1. The van der Waals surface area contributed by atoms with Crippen LogP contribution in [0.5, 0.6) is 11.5 Å². The lowest BCUT2D eigenvalue weighted by Gasteiger charge is -2.50. The lowest BCUT2D eigenvalue weighted by Crippen LogP contribution is -2.53. The number of anilines is 1. The molecule has 9 nitrogen and oxygen atoms in total. The molecule has 4 aromatic carbocycles. The minimum absolute atomic E-state index is 0.0256. The van der Waals surface area contributed by atoms with Gasteiger partial charge in [0.2, 0.25) is 11.8 Å². The molecule has 2 aliphatic heterocycles. The van der Waals surface area contributed by atoms with Gasteiger partial charge in [-0.1, -0.05) is 83.9 Å². The topological polar surface area (TPSA) is 127 Å². The largest absolute Gasteiger partial charge is 0.508 e. The van der Waals surface area contributed by atoms with Crippen LogP contribution >= 0.6 is 0 Å². The molecule has 50 heavy (non-hydrogen) atoms. The van der Waals surface area contributed by atoms with Crippen molar-refractivity contribution < 1.29 is 29.4 Å². The standard InChI is InChI=1S/C41H37N3O6/c1-24-10-14-28(15-11-24)42-44-38(48)34-23-33-31(18-19-32-35(33)39(49)43(37(32)47)21-20-25-12-16-29(45)17-13-25)36(26-6-5-9-30(46)22-26)41(34,40(44)50)27-7-3-2-4-8-27/h2-18,22,32-36,42,45-46H,19-21,23H2,1H3. The van der Waals surface area contributed by atoms with Gasteiger partial charge in [0.05, 0.1) is 28.9 Å². The molecule has 2 saturated heterocycles. The zero-order chi connectivity index (χ0) is 34.7. The number of likely N-dealkylation sites (tertiary alicyclic amines) is 1. The Hall–Kier alpha value is -5.70. The molecule has 4 amide bonds. The number of imide groups is 2. The summed E-state index contributed by atoms with van der Waals surface area (Å²) in [5.41, 5.74) is 6.42. The summed E-state index contributed by atoms with van der Waals surface area (Å²) in [6, 6.07) is 30.3. The summed E-state index contributed by atoms with van der Waals surface area (Å²) < 4.78 is 0. The van der Waals surface area contributed by atoms with Gasteiger partial charge in [-0.05, 0) is 85.2 Å². The Morgan fingerprint density at radius 3 is 2.24 bits per heavy atom. The van der Waals surface area contributed by atoms with Gasteiger partial charge in [0.15, 0.2) is 0 Å². The number of carbonyl (C=O) groups excluding carboxylic acids is 4. The number of aryl methyl sites for hydroxylation is 1. The average Bonchev–Trinajstić information content (AvgIpc) is 3.49. The Morgan fingerprint density at radius 1 is 0.780 bits per heavy atom. The zero-order valence-electron chi connectivity index (χ0n) is 27.5. The van der Waals surface area contributed by atoms with Crippen LogP contribution in [-0.2, 0) is 31.0 Å². The minimum atomic E-state index is -1.39. The van der Waals surface area contributed by atoms with Crippen LogP contribution in [0.15, 0.2) is 115 Å². The molecule has 6 unspecified atom stereocenters. The second kappa shape index (κ2) is 12.0. The summed E-state index contributed by atoms with van der Waals surface area (Å²) in [6.45, 7) is 2.16. The third kappa shape index (κ3) is 4.82. The van der Waals surface area contributed by atoms with E-state index in [-0.39, 0.29) is 36.3 Å². The highest BCUT2D eigenvalue weighted by Crippen LogP contribution is 2.64. The number of amides is 4. The van der Waals surface area contributed by atoms with E-state index in [0.29, 0.717) is 29.7 Å². The minimum Gasteiger partial charge on any atom is -0.508 e. The number of carbonyl (C=O) groups is 4. The fraction of sp³-hybridized carbons (Fsp3) is 0.268. The number of nitrogens with one attached hydrogen (secondary N) is 1. The van der Waals surface area contributed by atoms with Gasteiger partial charge in [-0.15, -0.1) is 0 Å². The number of hydrogen-bond donors (Lipinski definition) is 3. The summed E-state index contributed by atoms with van der Waals surface area (Å²) in [5, 5.41) is 21.6. The predicted octanol–water partition coefficient (Wildman–Crippen LogP) is 5.63. The third-order valence-corrected chi connectivity index (χ3v) is 11.2. The van der Waals surface area contributed by atoms with Gasteiger partial charge in [0.1, 0.15) is 11.5 Å². The molecule has 0 radical (unpaired) electrons. The summed E-state index contributed by atoms with van der Waals surface area (Å²) in [5.74, 6) is -4.41. The summed E-state index contributed by atoms with van der Waals surface area (Å²) in [6.07, 6.45) is 3.00. The van der Waals surface area contributed by atoms with Crippen LogP contribution in [0.3, 0.4) is 0 Å². The number of fused-ring (bicyclic) bond motifs is 4. The van der Waals surface area contributed by atoms with E-state index in [4.69, 9.17) is 0 Å². The Morgan fingerprint density at radius 2 is 1.52 bits per heavy atom. The molecule has 2 heterocycles. The van der Waals surface area contributed by atoms with Crippen LogP contribution < -0.4 is 5.43 Å². The first-order chi connectivity index (χ1) is 24.2. The van der Waals surface area contributed by atoms with Gasteiger partial charge in [-0.3, -0.25) is 29.5 Å². The van der Waals surface area contributed by atoms with Crippen LogP contribution in [-0.4, -0.2) is 50.3 Å². The van der Waals surface area contributed by atoms with Crippen molar-refractivity contribution in [3.8, 4) is 11.5 Å². The van der Waals surface area contributed by atoms with E-state index >= 15 is 4.79 Å². The first kappa shape index (κ1) is 31.6. The fourth-order valence-electron chi connectivity index (χ4n) is 9.02. The molecule has 0 aromatic heterocycles. The van der Waals surface area contributed by atoms with Crippen molar-refractivity contribution >= 4 is 29.3 Å². The number of rotatable bonds is 7. The Bertz CT molecular complexity index is 2040. The number of aromatic hydroxyl groups is 2. The Labute approximate surface area is 289 Å². The van der Waals surface area contributed by atoms with Crippen LogP contribution in [0.2, 0.25) is 0 Å². The van der Waals surface area contributed by atoms with Gasteiger partial charge in [0, 0.05) is 12.5 Å². The van der Waals surface area contributed by atoms with E-state index in [1.54, 1.807) is 42.5 Å². The summed E-state index contributed by atoms with van der Waals surface area (Å²) in [7, 11) is 0. The third-order valence-electron chi connectivity index (χ3n) is 11.2. The van der Waals surface area contributed by atoms with Crippen molar-refractivity contribution in [1.82, 2.24) is 9.91 Å². The lowest BCUT2D eigenvalue weighted by atomic mass is 9.49. The number of hydrogen-bond acceptors (Lipinski definition) is 7. The number of hydrazine groups is 1. The molecule has 3 fully saturated rings. The van der Waals surface area contributed by atoms with Crippen molar-refractivity contribution in [2.75, 3.05) is 12.0 Å². The highest BCUT2D eigenvalue weighted by Gasteiger charge is 2.70.